The second-order valence-corrected chi connectivity index (χ2v) is 6.85. The third-order valence-corrected chi connectivity index (χ3v) is 4.97. The third kappa shape index (κ3) is 4.79. The average molecular weight is 330 g/mol. The van der Waals surface area contributed by atoms with Gasteiger partial charge in [0.1, 0.15) is 5.75 Å². The molecule has 1 aromatic carbocycles. The first-order valence-electron chi connectivity index (χ1n) is 8.27. The fourth-order valence-corrected chi connectivity index (χ4v) is 3.77. The van der Waals surface area contributed by atoms with Gasteiger partial charge in [0.25, 0.3) is 0 Å². The van der Waals surface area contributed by atoms with Gasteiger partial charge in [-0.05, 0) is 44.2 Å². The van der Waals surface area contributed by atoms with Gasteiger partial charge in [-0.15, -0.1) is 11.3 Å². The van der Waals surface area contributed by atoms with Gasteiger partial charge in [-0.2, -0.15) is 0 Å². The first-order valence-corrected chi connectivity index (χ1v) is 9.09. The molecule has 0 atom stereocenters. The van der Waals surface area contributed by atoms with Crippen molar-refractivity contribution in [2.75, 3.05) is 11.9 Å². The standard InChI is InChI=1S/C18H22N2O2S/c21-17(12-7-13-22-14-8-3-1-4-9-14)20-18-19-15-10-5-2-6-11-16(15)23-18/h1,3-4,8-9H,2,5-7,10-13H2,(H,19,20,21). The van der Waals surface area contributed by atoms with E-state index in [0.717, 1.165) is 23.7 Å². The Balaban J connectivity index is 1.41. The van der Waals surface area contributed by atoms with Crippen LogP contribution in [-0.4, -0.2) is 17.5 Å². The summed E-state index contributed by atoms with van der Waals surface area (Å²) in [5.74, 6) is 0.863. The Morgan fingerprint density at radius 1 is 1.17 bits per heavy atom. The van der Waals surface area contributed by atoms with Gasteiger partial charge in [-0.1, -0.05) is 24.6 Å². The lowest BCUT2D eigenvalue weighted by molar-refractivity contribution is -0.116. The van der Waals surface area contributed by atoms with Crippen LogP contribution in [0.5, 0.6) is 5.75 Å². The zero-order chi connectivity index (χ0) is 15.9. The molecule has 0 radical (unpaired) electrons. The average Bonchev–Trinajstić information content (AvgIpc) is 2.81. The van der Waals surface area contributed by atoms with Crippen molar-refractivity contribution in [1.29, 1.82) is 0 Å². The van der Waals surface area contributed by atoms with Crippen LogP contribution in [0.1, 0.15) is 42.7 Å². The van der Waals surface area contributed by atoms with Crippen molar-refractivity contribution < 1.29 is 9.53 Å². The number of nitrogens with zero attached hydrogens (tertiary/aromatic N) is 1. The predicted octanol–water partition coefficient (Wildman–Crippen LogP) is 4.21. The smallest absolute Gasteiger partial charge is 0.226 e. The molecule has 1 aliphatic rings. The molecule has 23 heavy (non-hydrogen) atoms. The van der Waals surface area contributed by atoms with Crippen molar-refractivity contribution in [2.24, 2.45) is 0 Å². The number of amides is 1. The largest absolute Gasteiger partial charge is 0.494 e. The number of hydrogen-bond acceptors (Lipinski definition) is 4. The van der Waals surface area contributed by atoms with E-state index in [2.05, 4.69) is 10.3 Å². The summed E-state index contributed by atoms with van der Waals surface area (Å²) in [5, 5.41) is 3.69. The van der Waals surface area contributed by atoms with Crippen molar-refractivity contribution in [1.82, 2.24) is 4.98 Å². The lowest BCUT2D eigenvalue weighted by Crippen LogP contribution is -2.12. The minimum atomic E-state index is 0.0190. The van der Waals surface area contributed by atoms with Crippen LogP contribution >= 0.6 is 11.3 Å². The molecule has 0 aliphatic heterocycles. The summed E-state index contributed by atoms with van der Waals surface area (Å²) in [4.78, 5) is 17.9. The summed E-state index contributed by atoms with van der Waals surface area (Å²) in [6.07, 6.45) is 7.04. The van der Waals surface area contributed by atoms with E-state index in [4.69, 9.17) is 4.74 Å². The number of carbonyl (C=O) groups excluding carboxylic acids is 1. The number of aryl methyl sites for hydroxylation is 2. The molecule has 122 valence electrons. The van der Waals surface area contributed by atoms with Crippen LogP contribution in [0, 0.1) is 0 Å². The topological polar surface area (TPSA) is 51.2 Å². The Labute approximate surface area is 140 Å². The van der Waals surface area contributed by atoms with E-state index in [1.54, 1.807) is 11.3 Å². The molecule has 4 nitrogen and oxygen atoms in total. The first kappa shape index (κ1) is 16.0. The van der Waals surface area contributed by atoms with Crippen LogP contribution in [0.4, 0.5) is 5.13 Å². The minimum Gasteiger partial charge on any atom is -0.494 e. The highest BCUT2D eigenvalue weighted by atomic mass is 32.1. The number of fused-ring (bicyclic) bond motifs is 1. The molecule has 2 aromatic rings. The molecule has 1 heterocycles. The number of anilines is 1. The summed E-state index contributed by atoms with van der Waals surface area (Å²) in [6.45, 7) is 0.547. The summed E-state index contributed by atoms with van der Waals surface area (Å²) in [5.41, 5.74) is 1.19. The predicted molar refractivity (Wildman–Crippen MR) is 93.2 cm³/mol. The molecule has 0 saturated carbocycles. The van der Waals surface area contributed by atoms with E-state index in [1.165, 1.54) is 29.8 Å². The van der Waals surface area contributed by atoms with Gasteiger partial charge in [-0.25, -0.2) is 4.98 Å². The fraction of sp³-hybridized carbons (Fsp3) is 0.444. The Morgan fingerprint density at radius 3 is 2.87 bits per heavy atom. The minimum absolute atomic E-state index is 0.0190. The number of rotatable bonds is 6. The van der Waals surface area contributed by atoms with Gasteiger partial charge < -0.3 is 10.1 Å². The second-order valence-electron chi connectivity index (χ2n) is 5.76. The highest BCUT2D eigenvalue weighted by molar-refractivity contribution is 7.15. The molecule has 1 amide bonds. The number of benzene rings is 1. The van der Waals surface area contributed by atoms with E-state index < -0.39 is 0 Å². The quantitative estimate of drug-likeness (QED) is 0.637. The van der Waals surface area contributed by atoms with Crippen molar-refractivity contribution in [3.8, 4) is 5.75 Å². The van der Waals surface area contributed by atoms with Crippen LogP contribution < -0.4 is 10.1 Å². The Bertz CT molecular complexity index is 616. The molecule has 0 spiro atoms. The number of carbonyl (C=O) groups is 1. The number of aromatic nitrogens is 1. The van der Waals surface area contributed by atoms with Gasteiger partial charge in [0, 0.05) is 11.3 Å². The zero-order valence-electron chi connectivity index (χ0n) is 13.2. The van der Waals surface area contributed by atoms with E-state index >= 15 is 0 Å². The highest BCUT2D eigenvalue weighted by Gasteiger charge is 2.15. The third-order valence-electron chi connectivity index (χ3n) is 3.90. The van der Waals surface area contributed by atoms with E-state index in [9.17, 15) is 4.79 Å². The number of nitrogens with one attached hydrogen (secondary N) is 1. The molecule has 0 saturated heterocycles. The van der Waals surface area contributed by atoms with Crippen molar-refractivity contribution in [3.05, 3.63) is 40.9 Å². The van der Waals surface area contributed by atoms with E-state index in [0.29, 0.717) is 19.4 Å². The molecular weight excluding hydrogens is 308 g/mol. The van der Waals surface area contributed by atoms with E-state index in [-0.39, 0.29) is 5.91 Å². The Morgan fingerprint density at radius 2 is 2.00 bits per heavy atom. The fourth-order valence-electron chi connectivity index (χ4n) is 2.70. The molecule has 0 fully saturated rings. The molecule has 1 N–H and O–H groups in total. The highest BCUT2D eigenvalue weighted by Crippen LogP contribution is 2.28. The van der Waals surface area contributed by atoms with Crippen LogP contribution in [0.2, 0.25) is 0 Å². The van der Waals surface area contributed by atoms with Gasteiger partial charge in [0.05, 0.1) is 12.3 Å². The summed E-state index contributed by atoms with van der Waals surface area (Å²) < 4.78 is 5.59. The zero-order valence-corrected chi connectivity index (χ0v) is 14.0. The van der Waals surface area contributed by atoms with Gasteiger partial charge in [0.2, 0.25) is 5.91 Å². The van der Waals surface area contributed by atoms with E-state index in [1.807, 2.05) is 30.3 Å². The summed E-state index contributed by atoms with van der Waals surface area (Å²) >= 11 is 1.64. The molecule has 5 heteroatoms. The molecule has 1 aromatic heterocycles. The number of para-hydroxylation sites is 1. The Kier molecular flexibility index (Phi) is 5.64. The maximum absolute atomic E-state index is 12.0. The monoisotopic (exact) mass is 330 g/mol. The number of thiazole rings is 1. The second kappa shape index (κ2) is 8.11. The normalized spacial score (nSPS) is 13.9. The van der Waals surface area contributed by atoms with Crippen LogP contribution in [0.3, 0.4) is 0 Å². The SMILES string of the molecule is O=C(CCCOc1ccccc1)Nc1nc2c(s1)CCCCC2. The number of hydrogen-bond donors (Lipinski definition) is 1. The van der Waals surface area contributed by atoms with Gasteiger partial charge in [-0.3, -0.25) is 4.79 Å². The first-order chi connectivity index (χ1) is 11.3. The van der Waals surface area contributed by atoms with Crippen LogP contribution in [0.25, 0.3) is 0 Å². The molecule has 0 unspecified atom stereocenters. The van der Waals surface area contributed by atoms with Crippen molar-refractivity contribution >= 4 is 22.4 Å². The van der Waals surface area contributed by atoms with Crippen molar-refractivity contribution in [2.45, 2.75) is 44.9 Å². The van der Waals surface area contributed by atoms with Gasteiger partial charge >= 0.3 is 0 Å². The summed E-state index contributed by atoms with van der Waals surface area (Å²) in [6, 6.07) is 9.67. The Hall–Kier alpha value is -1.88. The lowest BCUT2D eigenvalue weighted by atomic mass is 10.2. The maximum atomic E-state index is 12.0. The molecule has 1 aliphatic carbocycles. The van der Waals surface area contributed by atoms with Crippen LogP contribution in [0.15, 0.2) is 30.3 Å². The van der Waals surface area contributed by atoms with Crippen molar-refractivity contribution in [3.63, 3.8) is 0 Å². The lowest BCUT2D eigenvalue weighted by Gasteiger charge is -2.05. The van der Waals surface area contributed by atoms with Crippen LogP contribution in [-0.2, 0) is 17.6 Å². The molecule has 3 rings (SSSR count). The number of ether oxygens (including phenoxy) is 1. The molecule has 0 bridgehead atoms. The van der Waals surface area contributed by atoms with Gasteiger partial charge in [0.15, 0.2) is 5.13 Å². The molecular formula is C18H22N2O2S. The summed E-state index contributed by atoms with van der Waals surface area (Å²) in [7, 11) is 0. The maximum Gasteiger partial charge on any atom is 0.226 e.